The number of nitrogens with zero attached hydrogens (tertiary/aromatic N) is 2. The number of carbonyl (C=O) groups excluding carboxylic acids is 1. The van der Waals surface area contributed by atoms with Crippen LogP contribution in [0.3, 0.4) is 0 Å². The number of para-hydroxylation sites is 1. The van der Waals surface area contributed by atoms with E-state index in [9.17, 15) is 13.2 Å². The Morgan fingerprint density at radius 3 is 2.20 bits per heavy atom. The molecule has 0 atom stereocenters. The van der Waals surface area contributed by atoms with Gasteiger partial charge in [-0.25, -0.2) is 8.42 Å². The van der Waals surface area contributed by atoms with E-state index in [0.717, 1.165) is 11.3 Å². The minimum atomic E-state index is -4.03. The number of hydrogen-bond donors (Lipinski definition) is 1. The molecule has 1 saturated heterocycles. The number of halogens is 3. The molecule has 212 valence electrons. The molecular formula is C30H26Cl3N3O4S. The number of carbonyl (C=O) groups is 1. The first kappa shape index (κ1) is 29.1. The van der Waals surface area contributed by atoms with Crippen LogP contribution >= 0.6 is 34.8 Å². The van der Waals surface area contributed by atoms with Crippen molar-refractivity contribution in [3.8, 4) is 11.5 Å². The summed E-state index contributed by atoms with van der Waals surface area (Å²) in [5.41, 5.74) is 2.45. The van der Waals surface area contributed by atoms with Gasteiger partial charge in [0.2, 0.25) is 0 Å². The number of hydrogen-bond acceptors (Lipinski definition) is 5. The van der Waals surface area contributed by atoms with Crippen molar-refractivity contribution in [2.45, 2.75) is 11.8 Å². The van der Waals surface area contributed by atoms with Crippen LogP contribution in [0, 0.1) is 6.92 Å². The van der Waals surface area contributed by atoms with E-state index in [1.807, 2.05) is 25.1 Å². The van der Waals surface area contributed by atoms with Gasteiger partial charge < -0.3 is 14.5 Å². The van der Waals surface area contributed by atoms with E-state index in [-0.39, 0.29) is 22.1 Å². The summed E-state index contributed by atoms with van der Waals surface area (Å²) < 4.78 is 34.9. The standard InChI is InChI=1S/C30H26Cl3N3O4S/c1-20-6-7-22(32)19-28(20)35-14-16-36(17-15-35)30(37)25-18-21(31)8-13-27(25)34-41(38,39)24-11-9-23(10-12-24)40-29-5-3-2-4-26(29)33/h2-13,18-19,34H,14-17H2,1H3. The van der Waals surface area contributed by atoms with Gasteiger partial charge in [0.25, 0.3) is 15.9 Å². The first-order valence-corrected chi connectivity index (χ1v) is 15.4. The van der Waals surface area contributed by atoms with Crippen LogP contribution < -0.4 is 14.4 Å². The molecule has 4 aromatic rings. The molecule has 0 aromatic heterocycles. The van der Waals surface area contributed by atoms with Crippen molar-refractivity contribution in [1.29, 1.82) is 0 Å². The van der Waals surface area contributed by atoms with Crippen molar-refractivity contribution in [3.63, 3.8) is 0 Å². The van der Waals surface area contributed by atoms with Crippen LogP contribution in [0.4, 0.5) is 11.4 Å². The zero-order chi connectivity index (χ0) is 29.1. The molecule has 7 nitrogen and oxygen atoms in total. The van der Waals surface area contributed by atoms with E-state index in [2.05, 4.69) is 9.62 Å². The van der Waals surface area contributed by atoms with Crippen LogP contribution in [-0.4, -0.2) is 45.4 Å². The molecule has 0 saturated carbocycles. The maximum absolute atomic E-state index is 13.6. The monoisotopic (exact) mass is 629 g/mol. The third kappa shape index (κ3) is 6.73. The van der Waals surface area contributed by atoms with Gasteiger partial charge in [0.15, 0.2) is 0 Å². The summed E-state index contributed by atoms with van der Waals surface area (Å²) in [5.74, 6) is 0.568. The van der Waals surface area contributed by atoms with E-state index < -0.39 is 10.0 Å². The van der Waals surface area contributed by atoms with Crippen molar-refractivity contribution in [1.82, 2.24) is 4.90 Å². The van der Waals surface area contributed by atoms with Gasteiger partial charge in [0.1, 0.15) is 11.5 Å². The molecule has 4 aromatic carbocycles. The third-order valence-electron chi connectivity index (χ3n) is 6.73. The van der Waals surface area contributed by atoms with Crippen molar-refractivity contribution in [2.24, 2.45) is 0 Å². The van der Waals surface area contributed by atoms with Crippen molar-refractivity contribution >= 4 is 62.1 Å². The zero-order valence-electron chi connectivity index (χ0n) is 22.0. The number of ether oxygens (including phenoxy) is 1. The third-order valence-corrected chi connectivity index (χ3v) is 8.90. The summed E-state index contributed by atoms with van der Waals surface area (Å²) in [5, 5.41) is 1.42. The molecular weight excluding hydrogens is 605 g/mol. The average molecular weight is 631 g/mol. The van der Waals surface area contributed by atoms with E-state index in [0.29, 0.717) is 52.7 Å². The van der Waals surface area contributed by atoms with Gasteiger partial charge in [0.05, 0.1) is 21.2 Å². The summed E-state index contributed by atoms with van der Waals surface area (Å²) in [6.07, 6.45) is 0. The molecule has 0 bridgehead atoms. The predicted octanol–water partition coefficient (Wildman–Crippen LogP) is 7.51. The fraction of sp³-hybridized carbons (Fsp3) is 0.167. The zero-order valence-corrected chi connectivity index (χ0v) is 25.1. The molecule has 1 fully saturated rings. The molecule has 0 radical (unpaired) electrons. The van der Waals surface area contributed by atoms with E-state index in [4.69, 9.17) is 39.5 Å². The molecule has 0 aliphatic carbocycles. The van der Waals surface area contributed by atoms with E-state index in [1.165, 1.54) is 42.5 Å². The largest absolute Gasteiger partial charge is 0.456 e. The lowest BCUT2D eigenvalue weighted by atomic mass is 10.1. The number of anilines is 2. The Labute approximate surface area is 254 Å². The van der Waals surface area contributed by atoms with Crippen LogP contribution in [0.1, 0.15) is 15.9 Å². The molecule has 1 heterocycles. The summed E-state index contributed by atoms with van der Waals surface area (Å²) in [4.78, 5) is 17.5. The second-order valence-electron chi connectivity index (χ2n) is 9.51. The number of rotatable bonds is 7. The molecule has 1 amide bonds. The Kier molecular flexibility index (Phi) is 8.66. The van der Waals surface area contributed by atoms with Gasteiger partial charge in [-0.05, 0) is 79.2 Å². The van der Waals surface area contributed by atoms with Gasteiger partial charge >= 0.3 is 0 Å². The SMILES string of the molecule is Cc1ccc(Cl)cc1N1CCN(C(=O)c2cc(Cl)ccc2NS(=O)(=O)c2ccc(Oc3ccccc3Cl)cc2)CC1. The topological polar surface area (TPSA) is 79.0 Å². The fourth-order valence-corrected chi connectivity index (χ4v) is 6.16. The fourth-order valence-electron chi connectivity index (χ4n) is 4.57. The van der Waals surface area contributed by atoms with Gasteiger partial charge in [-0.3, -0.25) is 9.52 Å². The smallest absolute Gasteiger partial charge is 0.261 e. The second kappa shape index (κ2) is 12.2. The molecule has 11 heteroatoms. The number of nitrogens with one attached hydrogen (secondary N) is 1. The number of amides is 1. The molecule has 41 heavy (non-hydrogen) atoms. The summed E-state index contributed by atoms with van der Waals surface area (Å²) >= 11 is 18.6. The minimum Gasteiger partial charge on any atom is -0.456 e. The second-order valence-corrected chi connectivity index (χ2v) is 12.5. The van der Waals surface area contributed by atoms with Crippen LogP contribution in [0.2, 0.25) is 15.1 Å². The quantitative estimate of drug-likeness (QED) is 0.229. The number of sulfonamides is 1. The molecule has 1 aliphatic heterocycles. The van der Waals surface area contributed by atoms with E-state index >= 15 is 0 Å². The maximum Gasteiger partial charge on any atom is 0.261 e. The summed E-state index contributed by atoms with van der Waals surface area (Å²) in [6.45, 7) is 4.15. The van der Waals surface area contributed by atoms with Crippen molar-refractivity contribution in [3.05, 3.63) is 111 Å². The predicted molar refractivity (Wildman–Crippen MR) is 165 cm³/mol. The Bertz CT molecular complexity index is 1690. The summed E-state index contributed by atoms with van der Waals surface area (Å²) in [7, 11) is -4.03. The van der Waals surface area contributed by atoms with Crippen LogP contribution in [-0.2, 0) is 10.0 Å². The average Bonchev–Trinajstić information content (AvgIpc) is 2.96. The highest BCUT2D eigenvalue weighted by Gasteiger charge is 2.26. The minimum absolute atomic E-state index is 0.00265. The number of piperazine rings is 1. The molecule has 0 unspecified atom stereocenters. The molecule has 5 rings (SSSR count). The number of benzene rings is 4. The lowest BCUT2D eigenvalue weighted by Gasteiger charge is -2.37. The van der Waals surface area contributed by atoms with Gasteiger partial charge in [-0.15, -0.1) is 0 Å². The van der Waals surface area contributed by atoms with Crippen molar-refractivity contribution < 1.29 is 17.9 Å². The highest BCUT2D eigenvalue weighted by molar-refractivity contribution is 7.92. The Morgan fingerprint density at radius 1 is 0.829 bits per heavy atom. The van der Waals surface area contributed by atoms with Gasteiger partial charge in [0, 0.05) is 41.9 Å². The molecule has 1 N–H and O–H groups in total. The normalized spacial score (nSPS) is 13.7. The molecule has 0 spiro atoms. The first-order valence-electron chi connectivity index (χ1n) is 12.8. The summed E-state index contributed by atoms with van der Waals surface area (Å²) in [6, 6.07) is 23.2. The van der Waals surface area contributed by atoms with Crippen LogP contribution in [0.5, 0.6) is 11.5 Å². The number of aryl methyl sites for hydroxylation is 1. The van der Waals surface area contributed by atoms with Gasteiger partial charge in [-0.2, -0.15) is 0 Å². The Balaban J connectivity index is 1.30. The Morgan fingerprint density at radius 2 is 1.49 bits per heavy atom. The first-order chi connectivity index (χ1) is 19.6. The van der Waals surface area contributed by atoms with Crippen LogP contribution in [0.25, 0.3) is 0 Å². The van der Waals surface area contributed by atoms with Crippen LogP contribution in [0.15, 0.2) is 89.8 Å². The van der Waals surface area contributed by atoms with Gasteiger partial charge in [-0.1, -0.05) is 53.0 Å². The molecule has 1 aliphatic rings. The maximum atomic E-state index is 13.6. The highest BCUT2D eigenvalue weighted by Crippen LogP contribution is 2.31. The van der Waals surface area contributed by atoms with Crippen molar-refractivity contribution in [2.75, 3.05) is 35.8 Å². The lowest BCUT2D eigenvalue weighted by molar-refractivity contribution is 0.0748. The highest BCUT2D eigenvalue weighted by atomic mass is 35.5. The Hall–Kier alpha value is -3.43. The van der Waals surface area contributed by atoms with E-state index in [1.54, 1.807) is 29.2 Å². The lowest BCUT2D eigenvalue weighted by Crippen LogP contribution is -2.49.